The fourth-order valence-corrected chi connectivity index (χ4v) is 3.84. The number of hydrogen-bond donors (Lipinski definition) is 1. The van der Waals surface area contributed by atoms with Crippen LogP contribution in [0.3, 0.4) is 0 Å². The van der Waals surface area contributed by atoms with E-state index in [9.17, 15) is 13.6 Å². The van der Waals surface area contributed by atoms with E-state index in [-0.39, 0.29) is 37.1 Å². The predicted molar refractivity (Wildman–Crippen MR) is 108 cm³/mol. The van der Waals surface area contributed by atoms with Crippen molar-refractivity contribution in [2.24, 2.45) is 5.92 Å². The average Bonchev–Trinajstić information content (AvgIpc) is 3.19. The third kappa shape index (κ3) is 6.56. The second-order valence-corrected chi connectivity index (χ2v) is 7.25. The number of nitrogens with one attached hydrogen (secondary N) is 1. The normalized spacial score (nSPS) is 24.1. The zero-order valence-electron chi connectivity index (χ0n) is 15.6. The first kappa shape index (κ1) is 24.1. The van der Waals surface area contributed by atoms with Crippen molar-refractivity contribution >= 4 is 30.7 Å². The van der Waals surface area contributed by atoms with E-state index in [2.05, 4.69) is 22.3 Å². The van der Waals surface area contributed by atoms with Crippen LogP contribution in [-0.2, 0) is 11.3 Å². The number of amides is 1. The van der Waals surface area contributed by atoms with E-state index in [1.165, 1.54) is 5.56 Å². The highest BCUT2D eigenvalue weighted by molar-refractivity contribution is 5.85. The number of likely N-dealkylation sites (N-methyl/N-ethyl adjacent to an activating group) is 1. The number of nitrogens with zero attached hydrogens (tertiary/aromatic N) is 2. The van der Waals surface area contributed by atoms with Gasteiger partial charge in [-0.05, 0) is 31.4 Å². The van der Waals surface area contributed by atoms with Crippen LogP contribution in [0.15, 0.2) is 30.3 Å². The maximum atomic E-state index is 13.3. The molecule has 2 atom stereocenters. The van der Waals surface area contributed by atoms with E-state index in [0.29, 0.717) is 19.0 Å². The number of alkyl halides is 2. The second kappa shape index (κ2) is 10.6. The van der Waals surface area contributed by atoms with Crippen molar-refractivity contribution < 1.29 is 13.6 Å². The number of carbonyl (C=O) groups is 1. The van der Waals surface area contributed by atoms with Crippen molar-refractivity contribution in [2.45, 2.75) is 38.3 Å². The second-order valence-electron chi connectivity index (χ2n) is 7.25. The molecule has 0 bridgehead atoms. The molecule has 0 spiro atoms. The van der Waals surface area contributed by atoms with Crippen LogP contribution in [-0.4, -0.2) is 60.4 Å². The molecule has 1 amide bonds. The lowest BCUT2D eigenvalue weighted by molar-refractivity contribution is -0.134. The smallest absolute Gasteiger partial charge is 0.262 e. The van der Waals surface area contributed by atoms with E-state index >= 15 is 0 Å². The van der Waals surface area contributed by atoms with Crippen LogP contribution in [0.25, 0.3) is 0 Å². The number of rotatable bonds is 6. The Kier molecular flexibility index (Phi) is 9.42. The summed E-state index contributed by atoms with van der Waals surface area (Å²) in [6.45, 7) is 5.64. The van der Waals surface area contributed by atoms with Crippen LogP contribution in [0.2, 0.25) is 0 Å². The van der Waals surface area contributed by atoms with Gasteiger partial charge in [0.15, 0.2) is 0 Å². The lowest BCUT2D eigenvalue weighted by Gasteiger charge is -2.27. The molecule has 2 unspecified atom stereocenters. The summed E-state index contributed by atoms with van der Waals surface area (Å²) in [5, 5.41) is 2.68. The van der Waals surface area contributed by atoms with Crippen molar-refractivity contribution in [1.82, 2.24) is 15.1 Å². The summed E-state index contributed by atoms with van der Waals surface area (Å²) in [4.78, 5) is 16.7. The van der Waals surface area contributed by atoms with Gasteiger partial charge in [-0.25, -0.2) is 8.78 Å². The van der Waals surface area contributed by atoms with Crippen LogP contribution < -0.4 is 5.32 Å². The summed E-state index contributed by atoms with van der Waals surface area (Å²) in [5.74, 6) is -2.53. The molecule has 1 aromatic rings. The highest BCUT2D eigenvalue weighted by Gasteiger charge is 2.43. The van der Waals surface area contributed by atoms with Gasteiger partial charge in [-0.1, -0.05) is 30.3 Å². The molecule has 0 saturated carbocycles. The highest BCUT2D eigenvalue weighted by Crippen LogP contribution is 2.27. The Bertz CT molecular complexity index is 592. The number of halogens is 4. The molecule has 2 heterocycles. The first-order chi connectivity index (χ1) is 12.0. The third-order valence-electron chi connectivity index (χ3n) is 5.20. The number of hydrogen-bond acceptors (Lipinski definition) is 3. The molecule has 2 aliphatic rings. The summed E-state index contributed by atoms with van der Waals surface area (Å²) in [6.07, 6.45) is 0.665. The van der Waals surface area contributed by atoms with E-state index in [1.54, 1.807) is 4.90 Å². The largest absolute Gasteiger partial charge is 0.341 e. The molecular formula is C19H29Cl2F2N3O. The average molecular weight is 424 g/mol. The van der Waals surface area contributed by atoms with E-state index < -0.39 is 18.5 Å². The summed E-state index contributed by atoms with van der Waals surface area (Å²) < 4.78 is 26.7. The topological polar surface area (TPSA) is 35.6 Å². The van der Waals surface area contributed by atoms with Crippen LogP contribution in [0.5, 0.6) is 0 Å². The van der Waals surface area contributed by atoms with Crippen LogP contribution in [0.4, 0.5) is 8.78 Å². The maximum Gasteiger partial charge on any atom is 0.262 e. The minimum Gasteiger partial charge on any atom is -0.341 e. The Labute approximate surface area is 172 Å². The van der Waals surface area contributed by atoms with E-state index in [4.69, 9.17) is 0 Å². The fourth-order valence-electron chi connectivity index (χ4n) is 3.84. The van der Waals surface area contributed by atoms with Gasteiger partial charge in [-0.3, -0.25) is 15.0 Å². The molecule has 2 aliphatic heterocycles. The Morgan fingerprint density at radius 2 is 2.00 bits per heavy atom. The minimum absolute atomic E-state index is 0. The van der Waals surface area contributed by atoms with Gasteiger partial charge >= 0.3 is 0 Å². The molecule has 8 heteroatoms. The SMILES string of the molecule is CCN(CC1CCN(Cc2ccccc2)C1)C(=O)C1CC(F)(F)CN1.Cl.Cl. The molecular weight excluding hydrogens is 395 g/mol. The lowest BCUT2D eigenvalue weighted by Crippen LogP contribution is -2.45. The zero-order valence-corrected chi connectivity index (χ0v) is 17.2. The summed E-state index contributed by atoms with van der Waals surface area (Å²) in [7, 11) is 0. The number of benzene rings is 1. The third-order valence-corrected chi connectivity index (χ3v) is 5.20. The van der Waals surface area contributed by atoms with Gasteiger partial charge in [-0.15, -0.1) is 24.8 Å². The molecule has 1 N–H and O–H groups in total. The van der Waals surface area contributed by atoms with Gasteiger partial charge < -0.3 is 4.90 Å². The Balaban J connectivity index is 0.00000182. The highest BCUT2D eigenvalue weighted by atomic mass is 35.5. The molecule has 3 rings (SSSR count). The molecule has 0 radical (unpaired) electrons. The van der Waals surface area contributed by atoms with Crippen molar-refractivity contribution in [3.05, 3.63) is 35.9 Å². The predicted octanol–water partition coefficient (Wildman–Crippen LogP) is 3.20. The summed E-state index contributed by atoms with van der Waals surface area (Å²) >= 11 is 0. The first-order valence-electron chi connectivity index (χ1n) is 9.13. The summed E-state index contributed by atoms with van der Waals surface area (Å²) in [5.41, 5.74) is 1.30. The lowest BCUT2D eigenvalue weighted by atomic mass is 10.1. The molecule has 2 fully saturated rings. The van der Waals surface area contributed by atoms with Gasteiger partial charge in [0.2, 0.25) is 5.91 Å². The minimum atomic E-state index is -2.76. The van der Waals surface area contributed by atoms with Gasteiger partial charge in [0.1, 0.15) is 0 Å². The van der Waals surface area contributed by atoms with Crippen molar-refractivity contribution in [2.75, 3.05) is 32.7 Å². The molecule has 0 aliphatic carbocycles. The van der Waals surface area contributed by atoms with Gasteiger partial charge in [0.05, 0.1) is 12.6 Å². The van der Waals surface area contributed by atoms with Crippen molar-refractivity contribution in [1.29, 1.82) is 0 Å². The zero-order chi connectivity index (χ0) is 17.9. The van der Waals surface area contributed by atoms with Crippen molar-refractivity contribution in [3.8, 4) is 0 Å². The van der Waals surface area contributed by atoms with E-state index in [0.717, 1.165) is 26.1 Å². The Hall–Kier alpha value is -0.950. The number of carbonyl (C=O) groups excluding carboxylic acids is 1. The quantitative estimate of drug-likeness (QED) is 0.762. The van der Waals surface area contributed by atoms with Crippen LogP contribution in [0, 0.1) is 5.92 Å². The van der Waals surface area contributed by atoms with Crippen LogP contribution >= 0.6 is 24.8 Å². The summed E-state index contributed by atoms with van der Waals surface area (Å²) in [6, 6.07) is 9.62. The van der Waals surface area contributed by atoms with E-state index in [1.807, 2.05) is 25.1 Å². The first-order valence-corrected chi connectivity index (χ1v) is 9.13. The van der Waals surface area contributed by atoms with Gasteiger partial charge in [0, 0.05) is 32.6 Å². The molecule has 2 saturated heterocycles. The van der Waals surface area contributed by atoms with Crippen molar-refractivity contribution in [3.63, 3.8) is 0 Å². The molecule has 1 aromatic carbocycles. The molecule has 0 aromatic heterocycles. The standard InChI is InChI=1S/C19H27F2N3O.2ClH/c1-2-24(18(25)17-10-19(20,21)14-22-17)13-16-8-9-23(12-16)11-15-6-4-3-5-7-15;;/h3-7,16-17,22H,2,8-14H2,1H3;2*1H. The monoisotopic (exact) mass is 423 g/mol. The maximum absolute atomic E-state index is 13.3. The Morgan fingerprint density at radius 1 is 1.30 bits per heavy atom. The molecule has 4 nitrogen and oxygen atoms in total. The Morgan fingerprint density at radius 3 is 2.59 bits per heavy atom. The number of likely N-dealkylation sites (tertiary alicyclic amines) is 1. The molecule has 154 valence electrons. The van der Waals surface area contributed by atoms with Gasteiger partial charge in [-0.2, -0.15) is 0 Å². The van der Waals surface area contributed by atoms with Crippen LogP contribution in [0.1, 0.15) is 25.3 Å². The van der Waals surface area contributed by atoms with Gasteiger partial charge in [0.25, 0.3) is 5.92 Å². The fraction of sp³-hybridized carbons (Fsp3) is 0.632. The molecule has 27 heavy (non-hydrogen) atoms.